The second kappa shape index (κ2) is 9.50. The van der Waals surface area contributed by atoms with Gasteiger partial charge in [0.2, 0.25) is 5.95 Å². The first-order valence-corrected chi connectivity index (χ1v) is 16.4. The molecule has 0 fully saturated rings. The van der Waals surface area contributed by atoms with Gasteiger partial charge in [-0.25, -0.2) is 9.97 Å². The number of nitrogens with zero attached hydrogens (tertiary/aromatic N) is 4. The molecule has 4 nitrogen and oxygen atoms in total. The van der Waals surface area contributed by atoms with Crippen molar-refractivity contribution in [1.29, 1.82) is 0 Å². The van der Waals surface area contributed by atoms with E-state index in [1.54, 1.807) is 0 Å². The number of aromatic nitrogens is 3. The molecule has 0 atom stereocenters. The molecule has 3 heterocycles. The summed E-state index contributed by atoms with van der Waals surface area (Å²) in [6, 6.07) is 56.5. The maximum absolute atomic E-state index is 5.44. The molecule has 1 aliphatic heterocycles. The Morgan fingerprint density at radius 1 is 0.396 bits per heavy atom. The highest BCUT2D eigenvalue weighted by molar-refractivity contribution is 6.29. The normalized spacial score (nSPS) is 12.5. The van der Waals surface area contributed by atoms with Crippen molar-refractivity contribution in [2.45, 2.75) is 0 Å². The van der Waals surface area contributed by atoms with Gasteiger partial charge in [-0.05, 0) is 74.8 Å². The Morgan fingerprint density at radius 3 is 2.04 bits per heavy atom. The van der Waals surface area contributed by atoms with Gasteiger partial charge < -0.3 is 4.90 Å². The van der Waals surface area contributed by atoms with Gasteiger partial charge in [-0.3, -0.25) is 4.57 Å². The first kappa shape index (κ1) is 25.6. The second-order valence-corrected chi connectivity index (χ2v) is 12.6. The van der Waals surface area contributed by atoms with Crippen LogP contribution >= 0.6 is 0 Å². The Labute approximate surface area is 275 Å². The molecule has 0 N–H and O–H groups in total. The molecule has 0 saturated heterocycles. The summed E-state index contributed by atoms with van der Waals surface area (Å²) in [5.74, 6) is 0.675. The van der Waals surface area contributed by atoms with Crippen LogP contribution < -0.4 is 4.90 Å². The van der Waals surface area contributed by atoms with Crippen LogP contribution in [0.25, 0.3) is 82.2 Å². The molecule has 0 saturated carbocycles. The lowest BCUT2D eigenvalue weighted by atomic mass is 9.94. The Kier molecular flexibility index (Phi) is 5.08. The van der Waals surface area contributed by atoms with E-state index in [9.17, 15) is 0 Å². The lowest BCUT2D eigenvalue weighted by molar-refractivity contribution is 1.01. The van der Waals surface area contributed by atoms with Crippen molar-refractivity contribution in [3.05, 3.63) is 158 Å². The number of hydrogen-bond acceptors (Lipinski definition) is 3. The predicted molar refractivity (Wildman–Crippen MR) is 200 cm³/mol. The SMILES string of the molecule is c1ccc(N2c3ccccc3-c3nc(-n4c5ccccc5c5c6ccc7ccc8ccccc8c7c6ccc54)nc4cccc2c34)cc1. The Morgan fingerprint density at radius 2 is 1.10 bits per heavy atom. The van der Waals surface area contributed by atoms with E-state index in [0.29, 0.717) is 5.95 Å². The minimum Gasteiger partial charge on any atom is -0.309 e. The van der Waals surface area contributed by atoms with Crippen LogP contribution in [-0.4, -0.2) is 14.5 Å². The van der Waals surface area contributed by atoms with Gasteiger partial charge in [0.25, 0.3) is 0 Å². The van der Waals surface area contributed by atoms with E-state index in [1.807, 2.05) is 0 Å². The molecule has 0 amide bonds. The topological polar surface area (TPSA) is 34.0 Å². The molecule has 0 unspecified atom stereocenters. The summed E-state index contributed by atoms with van der Waals surface area (Å²) in [6.45, 7) is 0. The highest BCUT2D eigenvalue weighted by atomic mass is 15.2. The molecule has 0 spiro atoms. The van der Waals surface area contributed by atoms with Crippen molar-refractivity contribution in [3.8, 4) is 17.2 Å². The van der Waals surface area contributed by atoms with Gasteiger partial charge in [-0.15, -0.1) is 0 Å². The minimum atomic E-state index is 0.675. The Bertz CT molecular complexity index is 2960. The molecule has 1 aliphatic rings. The molecule has 222 valence electrons. The van der Waals surface area contributed by atoms with Crippen LogP contribution in [-0.2, 0) is 0 Å². The van der Waals surface area contributed by atoms with Crippen molar-refractivity contribution < 1.29 is 0 Å². The molecule has 8 aromatic carbocycles. The van der Waals surface area contributed by atoms with E-state index in [1.165, 1.54) is 43.1 Å². The average Bonchev–Trinajstić information content (AvgIpc) is 3.50. The maximum atomic E-state index is 5.44. The number of anilines is 3. The van der Waals surface area contributed by atoms with Crippen molar-refractivity contribution in [2.24, 2.45) is 0 Å². The number of benzene rings is 8. The van der Waals surface area contributed by atoms with Crippen molar-refractivity contribution in [2.75, 3.05) is 4.90 Å². The standard InChI is InChI=1S/C44H26N4/c1-2-12-29(13-3-1)47-37-19-9-7-16-34(37)43-42-35(17-10-20-38(42)47)45-44(46-43)48-36-18-8-6-15-33(36)41-32-24-23-28-22-21-27-11-4-5-14-30(27)40(28)31(32)25-26-39(41)48/h1-26H. The fourth-order valence-electron chi connectivity index (χ4n) is 8.08. The van der Waals surface area contributed by atoms with Crippen LogP contribution in [0.3, 0.4) is 0 Å². The fraction of sp³-hybridized carbons (Fsp3) is 0. The molecule has 0 radical (unpaired) electrons. The Hall–Kier alpha value is -6.52. The van der Waals surface area contributed by atoms with Crippen LogP contribution in [0, 0.1) is 0 Å². The van der Waals surface area contributed by atoms with Gasteiger partial charge >= 0.3 is 0 Å². The molecule has 0 aliphatic carbocycles. The third kappa shape index (κ3) is 3.38. The minimum absolute atomic E-state index is 0.675. The summed E-state index contributed by atoms with van der Waals surface area (Å²) in [7, 11) is 0. The number of fused-ring (bicyclic) bond motifs is 11. The van der Waals surface area contributed by atoms with Gasteiger partial charge in [0, 0.05) is 22.0 Å². The smallest absolute Gasteiger partial charge is 0.235 e. The largest absolute Gasteiger partial charge is 0.309 e. The van der Waals surface area contributed by atoms with E-state index in [4.69, 9.17) is 9.97 Å². The zero-order valence-corrected chi connectivity index (χ0v) is 25.8. The Balaban J connectivity index is 1.24. The molecule has 11 rings (SSSR count). The van der Waals surface area contributed by atoms with Gasteiger partial charge in [0.05, 0.1) is 39.0 Å². The van der Waals surface area contributed by atoms with Crippen LogP contribution in [0.15, 0.2) is 158 Å². The average molecular weight is 611 g/mol. The maximum Gasteiger partial charge on any atom is 0.235 e. The molecule has 4 heteroatoms. The summed E-state index contributed by atoms with van der Waals surface area (Å²) in [5, 5.41) is 11.0. The van der Waals surface area contributed by atoms with E-state index in [-0.39, 0.29) is 0 Å². The third-order valence-corrected chi connectivity index (χ3v) is 10.1. The number of para-hydroxylation sites is 3. The van der Waals surface area contributed by atoms with Gasteiger partial charge in [-0.2, -0.15) is 0 Å². The summed E-state index contributed by atoms with van der Waals surface area (Å²) < 4.78 is 2.26. The first-order chi connectivity index (χ1) is 23.8. The fourth-order valence-corrected chi connectivity index (χ4v) is 8.08. The molecule has 0 bridgehead atoms. The first-order valence-electron chi connectivity index (χ1n) is 16.4. The van der Waals surface area contributed by atoms with Gasteiger partial charge in [0.1, 0.15) is 0 Å². The van der Waals surface area contributed by atoms with Gasteiger partial charge in [0.15, 0.2) is 0 Å². The van der Waals surface area contributed by atoms with Crippen LogP contribution in [0.5, 0.6) is 0 Å². The van der Waals surface area contributed by atoms with E-state index in [0.717, 1.165) is 50.3 Å². The molecular weight excluding hydrogens is 585 g/mol. The molecule has 10 aromatic rings. The van der Waals surface area contributed by atoms with Crippen LogP contribution in [0.2, 0.25) is 0 Å². The van der Waals surface area contributed by atoms with Crippen molar-refractivity contribution in [1.82, 2.24) is 14.5 Å². The zero-order valence-electron chi connectivity index (χ0n) is 25.8. The van der Waals surface area contributed by atoms with Gasteiger partial charge in [-0.1, -0.05) is 115 Å². The van der Waals surface area contributed by atoms with E-state index < -0.39 is 0 Å². The lowest BCUT2D eigenvalue weighted by Crippen LogP contribution is -2.16. The lowest BCUT2D eigenvalue weighted by Gasteiger charge is -2.32. The molecule has 2 aromatic heterocycles. The van der Waals surface area contributed by atoms with E-state index >= 15 is 0 Å². The number of rotatable bonds is 2. The molecule has 48 heavy (non-hydrogen) atoms. The van der Waals surface area contributed by atoms with E-state index in [2.05, 4.69) is 167 Å². The summed E-state index contributed by atoms with van der Waals surface area (Å²) >= 11 is 0. The number of hydrogen-bond donors (Lipinski definition) is 0. The summed E-state index contributed by atoms with van der Waals surface area (Å²) in [4.78, 5) is 13.1. The van der Waals surface area contributed by atoms with Crippen molar-refractivity contribution in [3.63, 3.8) is 0 Å². The summed E-state index contributed by atoms with van der Waals surface area (Å²) in [6.07, 6.45) is 0. The monoisotopic (exact) mass is 610 g/mol. The quantitative estimate of drug-likeness (QED) is 0.183. The molecular formula is C44H26N4. The van der Waals surface area contributed by atoms with Crippen LogP contribution in [0.1, 0.15) is 0 Å². The van der Waals surface area contributed by atoms with Crippen molar-refractivity contribution >= 4 is 82.1 Å². The third-order valence-electron chi connectivity index (χ3n) is 10.1. The summed E-state index contributed by atoms with van der Waals surface area (Å²) in [5.41, 5.74) is 8.48. The van der Waals surface area contributed by atoms with Crippen LogP contribution in [0.4, 0.5) is 17.1 Å². The predicted octanol–water partition coefficient (Wildman–Crippen LogP) is 11.6. The zero-order chi connectivity index (χ0) is 31.3. The highest BCUT2D eigenvalue weighted by Crippen LogP contribution is 2.50. The highest BCUT2D eigenvalue weighted by Gasteiger charge is 2.28. The second-order valence-electron chi connectivity index (χ2n) is 12.6.